The Morgan fingerprint density at radius 1 is 1.15 bits per heavy atom. The summed E-state index contributed by atoms with van der Waals surface area (Å²) in [5.41, 5.74) is 1.07. The topological polar surface area (TPSA) is 60.0 Å². The largest absolute Gasteiger partial charge is 0.493 e. The van der Waals surface area contributed by atoms with E-state index in [1.54, 1.807) is 12.0 Å². The van der Waals surface area contributed by atoms with Crippen LogP contribution >= 0.6 is 0 Å². The van der Waals surface area contributed by atoms with E-state index in [0.717, 1.165) is 5.56 Å². The first kappa shape index (κ1) is 18.1. The second-order valence-corrected chi connectivity index (χ2v) is 6.04. The number of methoxy groups -OCH3 is 1. The van der Waals surface area contributed by atoms with Crippen LogP contribution in [0.15, 0.2) is 54.6 Å². The number of carbonyl (C=O) groups is 1. The first-order valence-electron chi connectivity index (χ1n) is 8.70. The summed E-state index contributed by atoms with van der Waals surface area (Å²) >= 11 is 0. The van der Waals surface area contributed by atoms with Crippen molar-refractivity contribution >= 4 is 6.03 Å². The van der Waals surface area contributed by atoms with Gasteiger partial charge >= 0.3 is 6.03 Å². The Kier molecular flexibility index (Phi) is 6.33. The lowest BCUT2D eigenvalue weighted by molar-refractivity contribution is -0.0355. The van der Waals surface area contributed by atoms with Crippen LogP contribution in [0.3, 0.4) is 0 Å². The summed E-state index contributed by atoms with van der Waals surface area (Å²) in [6.45, 7) is 2.45. The summed E-state index contributed by atoms with van der Waals surface area (Å²) in [7, 11) is 1.61. The summed E-state index contributed by atoms with van der Waals surface area (Å²) in [6.07, 6.45) is -0.170. The molecule has 1 unspecified atom stereocenters. The van der Waals surface area contributed by atoms with Crippen LogP contribution in [0.4, 0.5) is 4.79 Å². The maximum atomic E-state index is 12.4. The summed E-state index contributed by atoms with van der Waals surface area (Å²) in [4.78, 5) is 14.2. The molecule has 3 rings (SSSR count). The molecule has 6 heteroatoms. The fourth-order valence-corrected chi connectivity index (χ4v) is 2.81. The summed E-state index contributed by atoms with van der Waals surface area (Å²) in [5, 5.41) is 2.95. The van der Waals surface area contributed by atoms with Gasteiger partial charge in [0.1, 0.15) is 12.7 Å². The van der Waals surface area contributed by atoms with Crippen molar-refractivity contribution in [2.24, 2.45) is 0 Å². The Balaban J connectivity index is 1.48. The van der Waals surface area contributed by atoms with Crippen LogP contribution in [-0.2, 0) is 11.3 Å². The highest BCUT2D eigenvalue weighted by atomic mass is 16.5. The van der Waals surface area contributed by atoms with Crippen LogP contribution < -0.4 is 14.8 Å². The molecule has 2 aromatic rings. The zero-order chi connectivity index (χ0) is 18.2. The molecule has 1 saturated heterocycles. The van der Waals surface area contributed by atoms with Gasteiger partial charge in [0, 0.05) is 13.1 Å². The van der Waals surface area contributed by atoms with Crippen LogP contribution in [0.5, 0.6) is 11.5 Å². The normalized spacial score (nSPS) is 16.8. The summed E-state index contributed by atoms with van der Waals surface area (Å²) in [5.74, 6) is 1.35. The number of hydrogen-bond donors (Lipinski definition) is 1. The first-order valence-corrected chi connectivity index (χ1v) is 8.70. The fourth-order valence-electron chi connectivity index (χ4n) is 2.81. The van der Waals surface area contributed by atoms with Crippen LogP contribution in [0.25, 0.3) is 0 Å². The number of benzene rings is 2. The third kappa shape index (κ3) is 4.89. The van der Waals surface area contributed by atoms with Crippen molar-refractivity contribution in [3.05, 3.63) is 60.2 Å². The molecule has 1 aliphatic heterocycles. The van der Waals surface area contributed by atoms with Gasteiger partial charge in [-0.05, 0) is 17.7 Å². The maximum Gasteiger partial charge on any atom is 0.317 e. The Bertz CT molecular complexity index is 708. The van der Waals surface area contributed by atoms with Crippen molar-refractivity contribution < 1.29 is 19.0 Å². The zero-order valence-corrected chi connectivity index (χ0v) is 14.9. The number of hydrogen-bond acceptors (Lipinski definition) is 4. The van der Waals surface area contributed by atoms with E-state index in [4.69, 9.17) is 14.2 Å². The van der Waals surface area contributed by atoms with Crippen LogP contribution in [-0.4, -0.2) is 50.4 Å². The number of urea groups is 1. The number of para-hydroxylation sites is 2. The van der Waals surface area contributed by atoms with E-state index in [9.17, 15) is 4.79 Å². The van der Waals surface area contributed by atoms with E-state index in [-0.39, 0.29) is 12.1 Å². The van der Waals surface area contributed by atoms with Gasteiger partial charge in [-0.2, -0.15) is 0 Å². The smallest absolute Gasteiger partial charge is 0.317 e. The number of nitrogens with zero attached hydrogens (tertiary/aromatic N) is 1. The third-order valence-corrected chi connectivity index (χ3v) is 4.21. The van der Waals surface area contributed by atoms with Crippen LogP contribution in [0.2, 0.25) is 0 Å². The molecule has 1 heterocycles. The van der Waals surface area contributed by atoms with E-state index in [1.165, 1.54) is 0 Å². The molecule has 1 atom stereocenters. The second-order valence-electron chi connectivity index (χ2n) is 6.04. The third-order valence-electron chi connectivity index (χ3n) is 4.21. The lowest BCUT2D eigenvalue weighted by Gasteiger charge is -2.32. The number of nitrogens with one attached hydrogen (secondary N) is 1. The average molecular weight is 356 g/mol. The average Bonchev–Trinajstić information content (AvgIpc) is 2.71. The summed E-state index contributed by atoms with van der Waals surface area (Å²) in [6, 6.07) is 17.3. The predicted octanol–water partition coefficient (Wildman–Crippen LogP) is 2.68. The predicted molar refractivity (Wildman–Crippen MR) is 98.5 cm³/mol. The molecule has 2 aromatic carbocycles. The van der Waals surface area contributed by atoms with E-state index in [2.05, 4.69) is 5.32 Å². The SMILES string of the molecule is COc1ccccc1OCC1CN(C(=O)NCc2ccccc2)CCO1. The highest BCUT2D eigenvalue weighted by Gasteiger charge is 2.25. The minimum Gasteiger partial charge on any atom is -0.493 e. The van der Waals surface area contributed by atoms with E-state index >= 15 is 0 Å². The van der Waals surface area contributed by atoms with Gasteiger partial charge in [0.15, 0.2) is 11.5 Å². The molecule has 138 valence electrons. The highest BCUT2D eigenvalue weighted by molar-refractivity contribution is 5.74. The van der Waals surface area contributed by atoms with Gasteiger partial charge in [0.05, 0.1) is 20.3 Å². The molecule has 0 aliphatic carbocycles. The van der Waals surface area contributed by atoms with Gasteiger partial charge in [-0.3, -0.25) is 0 Å². The zero-order valence-electron chi connectivity index (χ0n) is 14.9. The molecule has 0 radical (unpaired) electrons. The van der Waals surface area contributed by atoms with Crippen molar-refractivity contribution in [2.45, 2.75) is 12.6 Å². The fraction of sp³-hybridized carbons (Fsp3) is 0.350. The molecular weight excluding hydrogens is 332 g/mol. The van der Waals surface area contributed by atoms with Gasteiger partial charge in [0.25, 0.3) is 0 Å². The van der Waals surface area contributed by atoms with E-state index in [0.29, 0.717) is 44.3 Å². The van der Waals surface area contributed by atoms with Crippen molar-refractivity contribution in [1.82, 2.24) is 10.2 Å². The minimum absolute atomic E-state index is 0.0838. The summed E-state index contributed by atoms with van der Waals surface area (Å²) < 4.78 is 16.8. The molecule has 0 spiro atoms. The molecule has 0 saturated carbocycles. The quantitative estimate of drug-likeness (QED) is 0.865. The van der Waals surface area contributed by atoms with Crippen LogP contribution in [0.1, 0.15) is 5.56 Å². The molecule has 1 aliphatic rings. The van der Waals surface area contributed by atoms with Gasteiger partial charge < -0.3 is 24.4 Å². The van der Waals surface area contributed by atoms with E-state index in [1.807, 2.05) is 54.6 Å². The van der Waals surface area contributed by atoms with Crippen molar-refractivity contribution in [3.8, 4) is 11.5 Å². The van der Waals surface area contributed by atoms with Gasteiger partial charge in [-0.25, -0.2) is 4.79 Å². The molecule has 0 bridgehead atoms. The van der Waals surface area contributed by atoms with Gasteiger partial charge in [-0.15, -0.1) is 0 Å². The first-order chi connectivity index (χ1) is 12.8. The Labute approximate surface area is 153 Å². The molecule has 1 fully saturated rings. The highest BCUT2D eigenvalue weighted by Crippen LogP contribution is 2.26. The van der Waals surface area contributed by atoms with Gasteiger partial charge in [0.2, 0.25) is 0 Å². The molecular formula is C20H24N2O4. The molecule has 2 amide bonds. The maximum absolute atomic E-state index is 12.4. The Hall–Kier alpha value is -2.73. The van der Waals surface area contributed by atoms with Crippen molar-refractivity contribution in [2.75, 3.05) is 33.4 Å². The molecule has 26 heavy (non-hydrogen) atoms. The number of carbonyl (C=O) groups excluding carboxylic acids is 1. The van der Waals surface area contributed by atoms with Gasteiger partial charge in [-0.1, -0.05) is 42.5 Å². The van der Waals surface area contributed by atoms with E-state index < -0.39 is 0 Å². The molecule has 1 N–H and O–H groups in total. The Morgan fingerprint density at radius 3 is 2.65 bits per heavy atom. The Morgan fingerprint density at radius 2 is 1.88 bits per heavy atom. The number of ether oxygens (including phenoxy) is 3. The number of morpholine rings is 1. The second kappa shape index (κ2) is 9.10. The standard InChI is InChI=1S/C20H24N2O4/c1-24-18-9-5-6-10-19(18)26-15-17-14-22(11-12-25-17)20(23)21-13-16-7-3-2-4-8-16/h2-10,17H,11-15H2,1H3,(H,21,23). The lowest BCUT2D eigenvalue weighted by Crippen LogP contribution is -2.50. The molecule has 6 nitrogen and oxygen atoms in total. The number of rotatable bonds is 6. The lowest BCUT2D eigenvalue weighted by atomic mass is 10.2. The monoisotopic (exact) mass is 356 g/mol. The number of amides is 2. The minimum atomic E-state index is -0.170. The molecule has 0 aromatic heterocycles. The van der Waals surface area contributed by atoms with Crippen molar-refractivity contribution in [3.63, 3.8) is 0 Å². The van der Waals surface area contributed by atoms with Crippen molar-refractivity contribution in [1.29, 1.82) is 0 Å². The van der Waals surface area contributed by atoms with Crippen LogP contribution in [0, 0.1) is 0 Å².